The first-order valence-corrected chi connectivity index (χ1v) is 17.7. The summed E-state index contributed by atoms with van der Waals surface area (Å²) in [7, 11) is 0. The number of fused-ring (bicyclic) bond motifs is 7. The van der Waals surface area contributed by atoms with Gasteiger partial charge in [-0.25, -0.2) is 0 Å². The molecule has 50 heavy (non-hydrogen) atoms. The summed E-state index contributed by atoms with van der Waals surface area (Å²) in [6, 6.07) is 52.6. The second-order valence-electron chi connectivity index (χ2n) is 14.3. The molecule has 0 aliphatic heterocycles. The largest absolute Gasteiger partial charge is 0.311 e. The zero-order valence-corrected chi connectivity index (χ0v) is 28.8. The fraction of sp³-hybridized carbons (Fsp3) is 0.125. The van der Waals surface area contributed by atoms with Gasteiger partial charge in [-0.2, -0.15) is 0 Å². The van der Waals surface area contributed by atoms with Crippen LogP contribution in [0, 0.1) is 12.8 Å². The summed E-state index contributed by atoms with van der Waals surface area (Å²) in [5.74, 6) is 0.719. The molecule has 2 atom stereocenters. The molecule has 0 saturated carbocycles. The van der Waals surface area contributed by atoms with Crippen LogP contribution in [0.25, 0.3) is 33.6 Å². The third-order valence-electron chi connectivity index (χ3n) is 10.9. The van der Waals surface area contributed by atoms with Gasteiger partial charge in [-0.15, -0.1) is 0 Å². The maximum Gasteiger partial charge on any atom is 0.0581 e. The molecule has 0 spiro atoms. The van der Waals surface area contributed by atoms with Gasteiger partial charge in [0, 0.05) is 39.4 Å². The summed E-state index contributed by atoms with van der Waals surface area (Å²) in [4.78, 5) is 2.30. The Morgan fingerprint density at radius 2 is 1.28 bits per heavy atom. The van der Waals surface area contributed by atoms with Crippen LogP contribution in [0.3, 0.4) is 0 Å². The van der Waals surface area contributed by atoms with Crippen LogP contribution in [0.4, 0.5) is 17.1 Å². The van der Waals surface area contributed by atoms with E-state index in [0.29, 0.717) is 11.8 Å². The van der Waals surface area contributed by atoms with E-state index in [4.69, 9.17) is 0 Å². The Balaban J connectivity index is 1.06. The van der Waals surface area contributed by atoms with Crippen molar-refractivity contribution in [2.24, 2.45) is 5.92 Å². The third kappa shape index (κ3) is 4.94. The fourth-order valence-corrected chi connectivity index (χ4v) is 8.50. The molecule has 0 radical (unpaired) electrons. The Morgan fingerprint density at radius 1 is 0.640 bits per heavy atom. The van der Waals surface area contributed by atoms with Crippen LogP contribution in [-0.2, 0) is 5.41 Å². The lowest BCUT2D eigenvalue weighted by Gasteiger charge is -2.31. The second kappa shape index (κ2) is 11.9. The molecule has 0 fully saturated rings. The Kier molecular flexibility index (Phi) is 7.21. The van der Waals surface area contributed by atoms with E-state index in [-0.39, 0.29) is 5.41 Å². The molecule has 1 aromatic heterocycles. The summed E-state index contributed by atoms with van der Waals surface area (Å²) in [6.45, 7) is 7.10. The highest BCUT2D eigenvalue weighted by atomic mass is 15.1. The van der Waals surface area contributed by atoms with Crippen molar-refractivity contribution in [1.29, 1.82) is 0 Å². The molecule has 2 nitrogen and oxygen atoms in total. The summed E-state index contributed by atoms with van der Waals surface area (Å²) >= 11 is 0. The predicted molar refractivity (Wildman–Crippen MR) is 212 cm³/mol. The summed E-state index contributed by atoms with van der Waals surface area (Å²) in [6.07, 6.45) is 11.8. The average Bonchev–Trinajstić information content (AvgIpc) is 3.60. The first-order chi connectivity index (χ1) is 24.5. The van der Waals surface area contributed by atoms with Gasteiger partial charge in [0.05, 0.1) is 11.0 Å². The number of allylic oxidation sites excluding steroid dienone is 5. The van der Waals surface area contributed by atoms with E-state index in [9.17, 15) is 0 Å². The minimum Gasteiger partial charge on any atom is -0.311 e. The summed E-state index contributed by atoms with van der Waals surface area (Å²) in [5, 5.41) is 2.67. The van der Waals surface area contributed by atoms with Crippen LogP contribution in [0.5, 0.6) is 0 Å². The molecule has 242 valence electrons. The lowest BCUT2D eigenvalue weighted by Crippen LogP contribution is -2.25. The quantitative estimate of drug-likeness (QED) is 0.175. The fourth-order valence-electron chi connectivity index (χ4n) is 8.50. The molecule has 0 N–H and O–H groups in total. The van der Waals surface area contributed by atoms with Crippen LogP contribution in [0.15, 0.2) is 175 Å². The second-order valence-corrected chi connectivity index (χ2v) is 14.3. The first-order valence-electron chi connectivity index (χ1n) is 17.7. The molecule has 2 unspecified atom stereocenters. The van der Waals surface area contributed by atoms with Crippen LogP contribution < -0.4 is 4.90 Å². The Hall–Kier alpha value is -5.86. The maximum absolute atomic E-state index is 2.52. The normalized spacial score (nSPS) is 17.6. The molecule has 0 amide bonds. The van der Waals surface area contributed by atoms with Crippen LogP contribution in [0.2, 0.25) is 0 Å². The maximum atomic E-state index is 2.52. The van der Waals surface area contributed by atoms with Crippen LogP contribution in [0.1, 0.15) is 42.0 Å². The van der Waals surface area contributed by atoms with E-state index in [1.165, 1.54) is 55.3 Å². The molecule has 2 aliphatic rings. The Bertz CT molecular complexity index is 2400. The number of anilines is 3. The predicted octanol–water partition coefficient (Wildman–Crippen LogP) is 12.8. The van der Waals surface area contributed by atoms with Crippen molar-refractivity contribution in [2.45, 2.75) is 32.1 Å². The summed E-state index contributed by atoms with van der Waals surface area (Å²) < 4.78 is 2.51. The van der Waals surface area contributed by atoms with Gasteiger partial charge >= 0.3 is 0 Å². The lowest BCUT2D eigenvalue weighted by atomic mass is 9.73. The van der Waals surface area contributed by atoms with Gasteiger partial charge in [0.2, 0.25) is 0 Å². The molecular formula is C48H40N2. The SMILES string of the molecule is Cc1ccc2c(c1)c1ccc3c(c1n2-c1ccccc1)C(C)(C)C1C=C(/C=C/c2ccc(N(c4ccccc4)c4ccccc4)cc2)C=CC31. The third-order valence-corrected chi connectivity index (χ3v) is 10.9. The van der Waals surface area contributed by atoms with Crippen molar-refractivity contribution < 1.29 is 0 Å². The number of aryl methyl sites for hydroxylation is 1. The van der Waals surface area contributed by atoms with Gasteiger partial charge in [-0.05, 0) is 101 Å². The highest BCUT2D eigenvalue weighted by Gasteiger charge is 2.47. The molecule has 2 aliphatic carbocycles. The lowest BCUT2D eigenvalue weighted by molar-refractivity contribution is 0.394. The molecular weight excluding hydrogens is 605 g/mol. The van der Waals surface area contributed by atoms with Crippen molar-refractivity contribution in [1.82, 2.24) is 4.57 Å². The van der Waals surface area contributed by atoms with Crippen molar-refractivity contribution >= 4 is 44.9 Å². The average molecular weight is 645 g/mol. The summed E-state index contributed by atoms with van der Waals surface area (Å²) in [5.41, 5.74) is 13.9. The Morgan fingerprint density at radius 3 is 1.96 bits per heavy atom. The monoisotopic (exact) mass is 644 g/mol. The Labute approximate surface area is 295 Å². The minimum atomic E-state index is -0.0563. The van der Waals surface area contributed by atoms with E-state index >= 15 is 0 Å². The van der Waals surface area contributed by atoms with Crippen LogP contribution in [-0.4, -0.2) is 4.57 Å². The van der Waals surface area contributed by atoms with Crippen molar-refractivity contribution in [3.63, 3.8) is 0 Å². The molecule has 0 saturated heterocycles. The molecule has 9 rings (SSSR count). The molecule has 0 bridgehead atoms. The highest BCUT2D eigenvalue weighted by Crippen LogP contribution is 2.56. The smallest absolute Gasteiger partial charge is 0.0581 e. The van der Waals surface area contributed by atoms with Crippen molar-refractivity contribution in [3.05, 3.63) is 198 Å². The molecule has 6 aromatic carbocycles. The van der Waals surface area contributed by atoms with Gasteiger partial charge in [-0.3, -0.25) is 0 Å². The van der Waals surface area contributed by atoms with Gasteiger partial charge in [0.25, 0.3) is 0 Å². The van der Waals surface area contributed by atoms with Gasteiger partial charge in [-0.1, -0.05) is 135 Å². The van der Waals surface area contributed by atoms with Gasteiger partial charge in [0.15, 0.2) is 0 Å². The van der Waals surface area contributed by atoms with Gasteiger partial charge < -0.3 is 9.47 Å². The van der Waals surface area contributed by atoms with Gasteiger partial charge in [0.1, 0.15) is 0 Å². The van der Waals surface area contributed by atoms with E-state index < -0.39 is 0 Å². The van der Waals surface area contributed by atoms with E-state index in [1.807, 2.05) is 0 Å². The van der Waals surface area contributed by atoms with E-state index in [1.54, 1.807) is 0 Å². The molecule has 1 heterocycles. The van der Waals surface area contributed by atoms with E-state index in [2.05, 4.69) is 206 Å². The number of hydrogen-bond acceptors (Lipinski definition) is 1. The van der Waals surface area contributed by atoms with Crippen molar-refractivity contribution in [2.75, 3.05) is 4.90 Å². The number of hydrogen-bond donors (Lipinski definition) is 0. The standard InChI is InChI=1S/C48H40N2/c1-33-19-30-45-43(31-33)42-29-28-41-40-27-24-35(32-44(40)48(2,3)46(41)47(42)50(45)38-17-11-6-12-18-38)21-20-34-22-25-39(26-23-34)49(36-13-7-4-8-14-36)37-15-9-5-10-16-37/h4-32,40,44H,1-3H3/b21-20+. The number of rotatable bonds is 6. The zero-order valence-electron chi connectivity index (χ0n) is 28.8. The topological polar surface area (TPSA) is 8.17 Å². The first kappa shape index (κ1) is 30.2. The van der Waals surface area contributed by atoms with E-state index in [0.717, 1.165) is 17.1 Å². The number of benzene rings is 6. The zero-order chi connectivity index (χ0) is 33.8. The van der Waals surface area contributed by atoms with Crippen LogP contribution >= 0.6 is 0 Å². The van der Waals surface area contributed by atoms with Crippen molar-refractivity contribution in [3.8, 4) is 5.69 Å². The molecule has 7 aromatic rings. The number of nitrogens with zero attached hydrogens (tertiary/aromatic N) is 2. The minimum absolute atomic E-state index is 0.0563. The number of para-hydroxylation sites is 3. The highest BCUT2D eigenvalue weighted by molar-refractivity contribution is 6.11. The molecule has 2 heteroatoms. The number of aromatic nitrogens is 1.